The first-order chi connectivity index (χ1) is 13.7. The van der Waals surface area contributed by atoms with Crippen molar-refractivity contribution in [2.45, 2.75) is 18.9 Å². The normalized spacial score (nSPS) is 14.0. The minimum Gasteiger partial charge on any atom is -0.370 e. The number of nitrogens with two attached hydrogens (primary N) is 3. The zero-order valence-corrected chi connectivity index (χ0v) is 15.2. The highest BCUT2D eigenvalue weighted by Gasteiger charge is 2.40. The molecule has 6 N–H and O–H groups in total. The van der Waals surface area contributed by atoms with Gasteiger partial charge in [-0.2, -0.15) is 0 Å². The lowest BCUT2D eigenvalue weighted by atomic mass is 9.92. The third kappa shape index (κ3) is 3.57. The summed E-state index contributed by atoms with van der Waals surface area (Å²) in [6.45, 7) is 0.181. The number of non-ortho nitro benzene ring substituents is 1. The summed E-state index contributed by atoms with van der Waals surface area (Å²) in [6, 6.07) is 5.77. The summed E-state index contributed by atoms with van der Waals surface area (Å²) < 4.78 is 0. The van der Waals surface area contributed by atoms with E-state index in [9.17, 15) is 24.5 Å². The molecular formula is C18H18N6O5. The molecule has 3 amide bonds. The Morgan fingerprint density at radius 1 is 1.14 bits per heavy atom. The number of nitrogens with zero attached hydrogens (tertiary/aromatic N) is 3. The van der Waals surface area contributed by atoms with E-state index < -0.39 is 28.7 Å². The minimum atomic E-state index is -1.24. The van der Waals surface area contributed by atoms with Gasteiger partial charge in [-0.15, -0.1) is 0 Å². The van der Waals surface area contributed by atoms with Crippen LogP contribution in [-0.4, -0.2) is 46.1 Å². The van der Waals surface area contributed by atoms with Crippen molar-refractivity contribution in [1.82, 2.24) is 4.90 Å². The minimum absolute atomic E-state index is 0.0279. The van der Waals surface area contributed by atoms with Crippen LogP contribution in [0, 0.1) is 10.1 Å². The number of guanidine groups is 1. The van der Waals surface area contributed by atoms with Gasteiger partial charge in [-0.3, -0.25) is 34.4 Å². The number of rotatable bonds is 7. The smallest absolute Gasteiger partial charge is 0.270 e. The second-order valence-electron chi connectivity index (χ2n) is 6.50. The molecule has 11 heteroatoms. The molecule has 0 saturated carbocycles. The summed E-state index contributed by atoms with van der Waals surface area (Å²) in [5, 5.41) is 11.9. The van der Waals surface area contributed by atoms with E-state index in [2.05, 4.69) is 4.99 Å². The Bertz CT molecular complexity index is 1080. The van der Waals surface area contributed by atoms with E-state index in [1.165, 1.54) is 12.1 Å². The Balaban J connectivity index is 2.06. The molecular weight excluding hydrogens is 380 g/mol. The number of nitro groups is 1. The average Bonchev–Trinajstić information content (AvgIpc) is 2.66. The van der Waals surface area contributed by atoms with E-state index in [1.807, 2.05) is 0 Å². The Labute approximate surface area is 164 Å². The van der Waals surface area contributed by atoms with Gasteiger partial charge in [-0.1, -0.05) is 12.1 Å². The topological polar surface area (TPSA) is 188 Å². The largest absolute Gasteiger partial charge is 0.370 e. The predicted octanol–water partition coefficient (Wildman–Crippen LogP) is 0.252. The first-order valence-corrected chi connectivity index (χ1v) is 8.66. The van der Waals surface area contributed by atoms with E-state index >= 15 is 0 Å². The fourth-order valence-corrected chi connectivity index (χ4v) is 3.39. The molecule has 0 aromatic heterocycles. The lowest BCUT2D eigenvalue weighted by Crippen LogP contribution is -2.52. The quantitative estimate of drug-likeness (QED) is 0.149. The highest BCUT2D eigenvalue weighted by Crippen LogP contribution is 2.34. The monoisotopic (exact) mass is 398 g/mol. The Kier molecular flexibility index (Phi) is 5.13. The van der Waals surface area contributed by atoms with Crippen LogP contribution in [-0.2, 0) is 4.79 Å². The molecule has 3 rings (SSSR count). The molecule has 0 unspecified atom stereocenters. The number of carbonyl (C=O) groups excluding carboxylic acids is 3. The first kappa shape index (κ1) is 19.7. The fraction of sp³-hybridized carbons (Fsp3) is 0.222. The van der Waals surface area contributed by atoms with Gasteiger partial charge in [-0.05, 0) is 24.3 Å². The van der Waals surface area contributed by atoms with E-state index in [-0.39, 0.29) is 42.2 Å². The number of aliphatic imine (C=N–C) groups is 1. The molecule has 0 aliphatic carbocycles. The Morgan fingerprint density at radius 3 is 2.45 bits per heavy atom. The number of benzene rings is 2. The van der Waals surface area contributed by atoms with Gasteiger partial charge in [0.1, 0.15) is 6.04 Å². The zero-order valence-electron chi connectivity index (χ0n) is 15.2. The van der Waals surface area contributed by atoms with Crippen molar-refractivity contribution >= 4 is 40.1 Å². The van der Waals surface area contributed by atoms with E-state index in [0.29, 0.717) is 10.8 Å². The lowest BCUT2D eigenvalue weighted by Gasteiger charge is -2.32. The lowest BCUT2D eigenvalue weighted by molar-refractivity contribution is -0.384. The number of nitro benzene ring substituents is 1. The van der Waals surface area contributed by atoms with Gasteiger partial charge in [0.25, 0.3) is 17.5 Å². The van der Waals surface area contributed by atoms with Gasteiger partial charge in [0.2, 0.25) is 5.91 Å². The first-order valence-electron chi connectivity index (χ1n) is 8.66. The Morgan fingerprint density at radius 2 is 1.83 bits per heavy atom. The number of carbonyl (C=O) groups is 3. The summed E-state index contributed by atoms with van der Waals surface area (Å²) in [4.78, 5) is 53.3. The molecule has 1 atom stereocenters. The van der Waals surface area contributed by atoms with Crippen molar-refractivity contribution in [2.24, 2.45) is 22.2 Å². The molecule has 2 aromatic rings. The van der Waals surface area contributed by atoms with Crippen LogP contribution in [0.25, 0.3) is 10.8 Å². The maximum Gasteiger partial charge on any atom is 0.270 e. The van der Waals surface area contributed by atoms with Gasteiger partial charge in [0.15, 0.2) is 5.96 Å². The van der Waals surface area contributed by atoms with E-state index in [4.69, 9.17) is 17.2 Å². The van der Waals surface area contributed by atoms with Crippen molar-refractivity contribution in [1.29, 1.82) is 0 Å². The molecule has 150 valence electrons. The molecule has 1 aliphatic rings. The van der Waals surface area contributed by atoms with Gasteiger partial charge in [0, 0.05) is 29.6 Å². The van der Waals surface area contributed by atoms with Crippen LogP contribution < -0.4 is 17.2 Å². The average molecular weight is 398 g/mol. The summed E-state index contributed by atoms with van der Waals surface area (Å²) in [6.07, 6.45) is 0.332. The molecule has 0 fully saturated rings. The van der Waals surface area contributed by atoms with Crippen LogP contribution in [0.1, 0.15) is 33.6 Å². The third-order valence-electron chi connectivity index (χ3n) is 4.64. The maximum atomic E-state index is 13.1. The number of primary amides is 1. The molecule has 1 heterocycles. The van der Waals surface area contributed by atoms with Crippen LogP contribution in [0.15, 0.2) is 35.3 Å². The van der Waals surface area contributed by atoms with Crippen LogP contribution in [0.2, 0.25) is 0 Å². The molecule has 0 spiro atoms. The summed E-state index contributed by atoms with van der Waals surface area (Å²) in [5.41, 5.74) is 15.8. The second-order valence-corrected chi connectivity index (χ2v) is 6.50. The predicted molar refractivity (Wildman–Crippen MR) is 104 cm³/mol. The maximum absolute atomic E-state index is 13.1. The standard InChI is InChI=1S/C18H18N6O5/c19-15(25)13(5-2-6-22-18(20)21)23-16(26)11-4-1-3-9-7-10(24(28)29)8-12(14(9)11)17(23)27/h1,3-4,7-8,13H,2,5-6H2,(H2,19,25)(H4,20,21,22)/t13-/m1/s1. The highest BCUT2D eigenvalue weighted by atomic mass is 16.6. The SMILES string of the molecule is NC(=O)[C@@H](CCCN=C(N)N)N1C(=O)c2cccc3cc([N+](=O)[O-])cc(c23)C1=O. The van der Waals surface area contributed by atoms with Crippen molar-refractivity contribution in [3.8, 4) is 0 Å². The van der Waals surface area contributed by atoms with Crippen molar-refractivity contribution in [3.05, 3.63) is 51.6 Å². The number of amides is 3. The summed E-state index contributed by atoms with van der Waals surface area (Å²) in [7, 11) is 0. The molecule has 0 saturated heterocycles. The molecule has 29 heavy (non-hydrogen) atoms. The highest BCUT2D eigenvalue weighted by molar-refractivity contribution is 6.26. The van der Waals surface area contributed by atoms with Crippen molar-refractivity contribution < 1.29 is 19.3 Å². The summed E-state index contributed by atoms with van der Waals surface area (Å²) in [5.74, 6) is -2.50. The summed E-state index contributed by atoms with van der Waals surface area (Å²) >= 11 is 0. The number of hydrogen-bond donors (Lipinski definition) is 3. The number of imide groups is 1. The number of hydrogen-bond acceptors (Lipinski definition) is 6. The molecule has 0 radical (unpaired) electrons. The van der Waals surface area contributed by atoms with Crippen LogP contribution in [0.4, 0.5) is 5.69 Å². The molecule has 0 bridgehead atoms. The van der Waals surface area contributed by atoms with E-state index in [1.54, 1.807) is 12.1 Å². The fourth-order valence-electron chi connectivity index (χ4n) is 3.39. The third-order valence-corrected chi connectivity index (χ3v) is 4.64. The molecule has 11 nitrogen and oxygen atoms in total. The van der Waals surface area contributed by atoms with Crippen LogP contribution in [0.3, 0.4) is 0 Å². The van der Waals surface area contributed by atoms with Crippen molar-refractivity contribution in [3.63, 3.8) is 0 Å². The van der Waals surface area contributed by atoms with Gasteiger partial charge < -0.3 is 17.2 Å². The van der Waals surface area contributed by atoms with E-state index in [0.717, 1.165) is 11.0 Å². The van der Waals surface area contributed by atoms with Gasteiger partial charge >= 0.3 is 0 Å². The van der Waals surface area contributed by atoms with Crippen molar-refractivity contribution in [2.75, 3.05) is 6.54 Å². The zero-order chi connectivity index (χ0) is 21.3. The van der Waals surface area contributed by atoms with Crippen LogP contribution >= 0.6 is 0 Å². The molecule has 1 aliphatic heterocycles. The molecule has 2 aromatic carbocycles. The second kappa shape index (κ2) is 7.54. The van der Waals surface area contributed by atoms with Gasteiger partial charge in [-0.25, -0.2) is 0 Å². The van der Waals surface area contributed by atoms with Gasteiger partial charge in [0.05, 0.1) is 10.5 Å². The van der Waals surface area contributed by atoms with Crippen LogP contribution in [0.5, 0.6) is 0 Å². The Hall–Kier alpha value is -4.02.